The molecule has 0 aliphatic rings. The van der Waals surface area contributed by atoms with Crippen LogP contribution in [0.5, 0.6) is 0 Å². The van der Waals surface area contributed by atoms with Crippen molar-refractivity contribution in [2.75, 3.05) is 39.6 Å². The lowest BCUT2D eigenvalue weighted by Crippen LogP contribution is -2.27. The third-order valence-electron chi connectivity index (χ3n) is 2.96. The van der Waals surface area contributed by atoms with Crippen molar-refractivity contribution in [1.82, 2.24) is 19.4 Å². The van der Waals surface area contributed by atoms with Crippen LogP contribution in [0.4, 0.5) is 5.95 Å². The zero-order valence-electron chi connectivity index (χ0n) is 11.1. The highest BCUT2D eigenvalue weighted by Gasteiger charge is 2.10. The van der Waals surface area contributed by atoms with Crippen LogP contribution in [-0.4, -0.2) is 53.3 Å². The van der Waals surface area contributed by atoms with Gasteiger partial charge in [-0.15, -0.1) is 0 Å². The summed E-state index contributed by atoms with van der Waals surface area (Å²) in [5.74, 6) is 0.463. The fourth-order valence-electron chi connectivity index (χ4n) is 1.85. The maximum Gasteiger partial charge on any atom is 0.202 e. The van der Waals surface area contributed by atoms with Gasteiger partial charge in [-0.25, -0.2) is 9.97 Å². The highest BCUT2D eigenvalue weighted by atomic mass is 35.5. The van der Waals surface area contributed by atoms with E-state index in [-0.39, 0.29) is 0 Å². The number of nitrogen functional groups attached to an aromatic ring is 1. The van der Waals surface area contributed by atoms with Crippen LogP contribution in [-0.2, 0) is 11.3 Å². The second-order valence-electron chi connectivity index (χ2n) is 4.41. The topological polar surface area (TPSA) is 69.2 Å². The first kappa shape index (κ1) is 14.0. The summed E-state index contributed by atoms with van der Waals surface area (Å²) in [7, 11) is 3.74. The number of fused-ring (bicyclic) bond motifs is 1. The number of methoxy groups -OCH3 is 1. The Labute approximate surface area is 117 Å². The smallest absolute Gasteiger partial charge is 0.202 e. The van der Waals surface area contributed by atoms with Gasteiger partial charge in [0.25, 0.3) is 0 Å². The second-order valence-corrected chi connectivity index (χ2v) is 4.85. The third kappa shape index (κ3) is 3.34. The molecule has 0 radical (unpaired) electrons. The minimum atomic E-state index is 0.463. The molecule has 2 N–H and O–H groups in total. The molecule has 2 rings (SSSR count). The van der Waals surface area contributed by atoms with E-state index in [1.54, 1.807) is 19.4 Å². The van der Waals surface area contributed by atoms with Gasteiger partial charge < -0.3 is 15.4 Å². The number of aromatic nitrogens is 3. The minimum Gasteiger partial charge on any atom is -0.383 e. The van der Waals surface area contributed by atoms with Crippen LogP contribution in [0.2, 0.25) is 5.02 Å². The van der Waals surface area contributed by atoms with Crippen molar-refractivity contribution in [2.45, 2.75) is 6.54 Å². The predicted octanol–water partition coefficient (Wildman–Crippen LogP) is 1.25. The highest BCUT2D eigenvalue weighted by molar-refractivity contribution is 6.31. The van der Waals surface area contributed by atoms with E-state index >= 15 is 0 Å². The monoisotopic (exact) mass is 283 g/mol. The lowest BCUT2D eigenvalue weighted by Gasteiger charge is -2.16. The standard InChI is InChI=1S/C12H18ClN5O/c1-17(5-6-19-2)3-4-18-11-10(16-12(18)14)7-9(13)8-15-11/h7-8H,3-6H2,1-2H3,(H2,14,16). The van der Waals surface area contributed by atoms with Crippen molar-refractivity contribution in [1.29, 1.82) is 0 Å². The van der Waals surface area contributed by atoms with Crippen LogP contribution < -0.4 is 5.73 Å². The van der Waals surface area contributed by atoms with E-state index in [9.17, 15) is 0 Å². The van der Waals surface area contributed by atoms with Crippen molar-refractivity contribution in [3.8, 4) is 0 Å². The number of likely N-dealkylation sites (N-methyl/N-ethyl adjacent to an activating group) is 1. The van der Waals surface area contributed by atoms with Gasteiger partial charge in [0.15, 0.2) is 5.65 Å². The molecule has 0 saturated heterocycles. The summed E-state index contributed by atoms with van der Waals surface area (Å²) in [5.41, 5.74) is 7.41. The van der Waals surface area contributed by atoms with Crippen molar-refractivity contribution in [3.63, 3.8) is 0 Å². The number of ether oxygens (including phenoxy) is 1. The van der Waals surface area contributed by atoms with E-state index in [0.717, 1.165) is 30.8 Å². The molecule has 2 aromatic heterocycles. The first-order valence-corrected chi connectivity index (χ1v) is 6.44. The predicted molar refractivity (Wildman–Crippen MR) is 76.3 cm³/mol. The van der Waals surface area contributed by atoms with E-state index in [0.29, 0.717) is 17.6 Å². The van der Waals surface area contributed by atoms with Crippen molar-refractivity contribution >= 4 is 28.7 Å². The number of anilines is 1. The van der Waals surface area contributed by atoms with E-state index < -0.39 is 0 Å². The van der Waals surface area contributed by atoms with Gasteiger partial charge in [0.2, 0.25) is 5.95 Å². The van der Waals surface area contributed by atoms with Crippen LogP contribution >= 0.6 is 11.6 Å². The minimum absolute atomic E-state index is 0.463. The number of pyridine rings is 1. The van der Waals surface area contributed by atoms with Gasteiger partial charge in [-0.2, -0.15) is 0 Å². The Morgan fingerprint density at radius 3 is 3.00 bits per heavy atom. The Morgan fingerprint density at radius 1 is 1.47 bits per heavy atom. The summed E-state index contributed by atoms with van der Waals surface area (Å²) < 4.78 is 6.94. The maximum absolute atomic E-state index is 5.92. The average molecular weight is 284 g/mol. The molecule has 2 heterocycles. The number of halogens is 1. The first-order valence-electron chi connectivity index (χ1n) is 6.06. The molecule has 0 spiro atoms. The lowest BCUT2D eigenvalue weighted by atomic mass is 10.4. The molecule has 7 heteroatoms. The zero-order chi connectivity index (χ0) is 13.8. The molecule has 0 unspecified atom stereocenters. The number of rotatable bonds is 6. The molecular formula is C12H18ClN5O. The average Bonchev–Trinajstić information content (AvgIpc) is 2.68. The van der Waals surface area contributed by atoms with E-state index in [1.165, 1.54) is 0 Å². The van der Waals surface area contributed by atoms with Crippen LogP contribution in [0.1, 0.15) is 0 Å². The largest absolute Gasteiger partial charge is 0.383 e. The summed E-state index contributed by atoms with van der Waals surface area (Å²) in [6.07, 6.45) is 1.61. The first-order chi connectivity index (χ1) is 9.11. The number of hydrogen-bond donors (Lipinski definition) is 1. The molecule has 0 fully saturated rings. The Balaban J connectivity index is 2.10. The van der Waals surface area contributed by atoms with Gasteiger partial charge >= 0.3 is 0 Å². The SMILES string of the molecule is COCCN(C)CCn1c(N)nc2cc(Cl)cnc21. The number of nitrogens with two attached hydrogens (primary N) is 1. The highest BCUT2D eigenvalue weighted by Crippen LogP contribution is 2.18. The second kappa shape index (κ2) is 6.18. The maximum atomic E-state index is 5.92. The number of imidazole rings is 1. The molecule has 0 aromatic carbocycles. The third-order valence-corrected chi connectivity index (χ3v) is 3.17. The van der Waals surface area contributed by atoms with E-state index in [2.05, 4.69) is 14.9 Å². The molecule has 0 bridgehead atoms. The summed E-state index contributed by atoms with van der Waals surface area (Å²) in [6.45, 7) is 3.17. The van der Waals surface area contributed by atoms with Gasteiger partial charge in [0.1, 0.15) is 5.52 Å². The molecule has 6 nitrogen and oxygen atoms in total. The summed E-state index contributed by atoms with van der Waals surface area (Å²) in [6, 6.07) is 1.77. The molecule has 0 atom stereocenters. The molecule has 2 aromatic rings. The van der Waals surface area contributed by atoms with Gasteiger partial charge in [-0.1, -0.05) is 11.6 Å². The Kier molecular flexibility index (Phi) is 4.57. The van der Waals surface area contributed by atoms with E-state index in [4.69, 9.17) is 22.1 Å². The van der Waals surface area contributed by atoms with Gasteiger partial charge in [0, 0.05) is 32.9 Å². The number of hydrogen-bond acceptors (Lipinski definition) is 5. The Bertz CT molecular complexity index is 556. The molecule has 104 valence electrons. The summed E-state index contributed by atoms with van der Waals surface area (Å²) >= 11 is 5.89. The van der Waals surface area contributed by atoms with Crippen molar-refractivity contribution < 1.29 is 4.74 Å². The van der Waals surface area contributed by atoms with Crippen molar-refractivity contribution in [2.24, 2.45) is 0 Å². The summed E-state index contributed by atoms with van der Waals surface area (Å²) in [5, 5.41) is 0.564. The molecule has 19 heavy (non-hydrogen) atoms. The van der Waals surface area contributed by atoms with Crippen molar-refractivity contribution in [3.05, 3.63) is 17.3 Å². The van der Waals surface area contributed by atoms with Gasteiger partial charge in [0.05, 0.1) is 11.6 Å². The Hall–Kier alpha value is -1.37. The van der Waals surface area contributed by atoms with Crippen LogP contribution in [0, 0.1) is 0 Å². The summed E-state index contributed by atoms with van der Waals surface area (Å²) in [4.78, 5) is 10.7. The van der Waals surface area contributed by atoms with Crippen LogP contribution in [0.15, 0.2) is 12.3 Å². The quantitative estimate of drug-likeness (QED) is 0.864. The Morgan fingerprint density at radius 2 is 2.26 bits per heavy atom. The molecule has 0 saturated carbocycles. The van der Waals surface area contributed by atoms with Crippen LogP contribution in [0.3, 0.4) is 0 Å². The molecule has 0 aliphatic carbocycles. The van der Waals surface area contributed by atoms with Crippen LogP contribution in [0.25, 0.3) is 11.2 Å². The fourth-order valence-corrected chi connectivity index (χ4v) is 2.01. The fraction of sp³-hybridized carbons (Fsp3) is 0.500. The molecule has 0 amide bonds. The van der Waals surface area contributed by atoms with E-state index in [1.807, 2.05) is 11.6 Å². The zero-order valence-corrected chi connectivity index (χ0v) is 11.9. The molecular weight excluding hydrogens is 266 g/mol. The normalized spacial score (nSPS) is 11.6. The lowest BCUT2D eigenvalue weighted by molar-refractivity contribution is 0.159. The molecule has 0 aliphatic heterocycles. The number of nitrogens with zero attached hydrogens (tertiary/aromatic N) is 4. The van der Waals surface area contributed by atoms with Gasteiger partial charge in [-0.3, -0.25) is 4.57 Å². The van der Waals surface area contributed by atoms with Gasteiger partial charge in [-0.05, 0) is 13.1 Å².